The summed E-state index contributed by atoms with van der Waals surface area (Å²) in [5.74, 6) is 0.213. The molecular formula is C10H18N2O3S2. The van der Waals surface area contributed by atoms with E-state index in [4.69, 9.17) is 5.11 Å². The van der Waals surface area contributed by atoms with Crippen LogP contribution in [0.25, 0.3) is 0 Å². The quantitative estimate of drug-likeness (QED) is 0.733. The SMILES string of the molecule is Cc1ncc(S(=O)(=O)NCCCC(C)CO)s1. The van der Waals surface area contributed by atoms with Gasteiger partial charge in [0, 0.05) is 13.2 Å². The lowest BCUT2D eigenvalue weighted by molar-refractivity contribution is 0.228. The van der Waals surface area contributed by atoms with Gasteiger partial charge in [-0.25, -0.2) is 18.1 Å². The largest absolute Gasteiger partial charge is 0.396 e. The molecule has 1 rings (SSSR count). The third-order valence-electron chi connectivity index (χ3n) is 2.34. The standard InChI is InChI=1S/C10H18N2O3S2/c1-8(7-13)4-3-5-12-17(14,15)10-6-11-9(2)16-10/h6,8,12-13H,3-5,7H2,1-2H3. The Labute approximate surface area is 106 Å². The summed E-state index contributed by atoms with van der Waals surface area (Å²) in [5, 5.41) is 9.56. The Morgan fingerprint density at radius 2 is 2.29 bits per heavy atom. The number of sulfonamides is 1. The van der Waals surface area contributed by atoms with Crippen LogP contribution in [0.2, 0.25) is 0 Å². The Kier molecular flexibility index (Phi) is 5.51. The number of hydrogen-bond acceptors (Lipinski definition) is 5. The minimum Gasteiger partial charge on any atom is -0.396 e. The van der Waals surface area contributed by atoms with Crippen molar-refractivity contribution in [2.45, 2.75) is 30.9 Å². The first-order valence-electron chi connectivity index (χ1n) is 5.48. The van der Waals surface area contributed by atoms with Crippen LogP contribution < -0.4 is 4.72 Å². The van der Waals surface area contributed by atoms with Gasteiger partial charge >= 0.3 is 0 Å². The molecule has 1 aromatic heterocycles. The van der Waals surface area contributed by atoms with Crippen molar-refractivity contribution in [3.63, 3.8) is 0 Å². The van der Waals surface area contributed by atoms with Crippen molar-refractivity contribution in [1.82, 2.24) is 9.71 Å². The fourth-order valence-corrected chi connectivity index (χ4v) is 3.51. The van der Waals surface area contributed by atoms with Crippen LogP contribution in [0.1, 0.15) is 24.8 Å². The number of rotatable bonds is 7. The van der Waals surface area contributed by atoms with Gasteiger partial charge in [-0.2, -0.15) is 0 Å². The molecule has 0 radical (unpaired) electrons. The van der Waals surface area contributed by atoms with E-state index < -0.39 is 10.0 Å². The molecule has 0 aliphatic carbocycles. The second kappa shape index (κ2) is 6.44. The number of aliphatic hydroxyl groups is 1. The molecule has 0 saturated carbocycles. The Morgan fingerprint density at radius 1 is 1.59 bits per heavy atom. The third kappa shape index (κ3) is 4.71. The van der Waals surface area contributed by atoms with Crippen LogP contribution in [0.3, 0.4) is 0 Å². The number of hydrogen-bond donors (Lipinski definition) is 2. The molecule has 2 N–H and O–H groups in total. The first-order valence-corrected chi connectivity index (χ1v) is 7.78. The minimum absolute atomic E-state index is 0.140. The number of thiazole rings is 1. The van der Waals surface area contributed by atoms with Crippen LogP contribution in [-0.2, 0) is 10.0 Å². The maximum atomic E-state index is 11.8. The van der Waals surface area contributed by atoms with E-state index in [-0.39, 0.29) is 16.7 Å². The molecule has 0 bridgehead atoms. The molecule has 0 aliphatic heterocycles. The first kappa shape index (κ1) is 14.6. The van der Waals surface area contributed by atoms with Crippen molar-refractivity contribution in [2.24, 2.45) is 5.92 Å². The summed E-state index contributed by atoms with van der Waals surface area (Å²) in [4.78, 5) is 3.92. The molecule has 1 atom stereocenters. The monoisotopic (exact) mass is 278 g/mol. The highest BCUT2D eigenvalue weighted by Crippen LogP contribution is 2.17. The zero-order valence-corrected chi connectivity index (χ0v) is 11.6. The van der Waals surface area contributed by atoms with E-state index in [9.17, 15) is 8.42 Å². The Hall–Kier alpha value is -0.500. The Morgan fingerprint density at radius 3 is 2.82 bits per heavy atom. The predicted molar refractivity (Wildman–Crippen MR) is 67.5 cm³/mol. The zero-order chi connectivity index (χ0) is 12.9. The molecule has 1 unspecified atom stereocenters. The third-order valence-corrected chi connectivity index (χ3v) is 5.18. The fourth-order valence-electron chi connectivity index (χ4n) is 1.29. The van der Waals surface area contributed by atoms with Gasteiger partial charge in [0.2, 0.25) is 0 Å². The summed E-state index contributed by atoms with van der Waals surface area (Å²) in [6.45, 7) is 4.23. The molecule has 0 aliphatic rings. The predicted octanol–water partition coefficient (Wildman–Crippen LogP) is 1.14. The first-order chi connectivity index (χ1) is 7.95. The van der Waals surface area contributed by atoms with Crippen molar-refractivity contribution in [1.29, 1.82) is 0 Å². The van der Waals surface area contributed by atoms with Gasteiger partial charge < -0.3 is 5.11 Å². The van der Waals surface area contributed by atoms with Crippen LogP contribution in [-0.4, -0.2) is 31.7 Å². The summed E-state index contributed by atoms with van der Waals surface area (Å²) in [5.41, 5.74) is 0. The van der Waals surface area contributed by atoms with Crippen LogP contribution in [0.15, 0.2) is 10.4 Å². The highest BCUT2D eigenvalue weighted by atomic mass is 32.2. The van der Waals surface area contributed by atoms with Gasteiger partial charge in [0.15, 0.2) is 4.21 Å². The van der Waals surface area contributed by atoms with Gasteiger partial charge in [0.1, 0.15) is 0 Å². The van der Waals surface area contributed by atoms with Crippen LogP contribution in [0.4, 0.5) is 0 Å². The van der Waals surface area contributed by atoms with E-state index in [0.717, 1.165) is 29.2 Å². The second-order valence-corrected chi connectivity index (χ2v) is 7.25. The van der Waals surface area contributed by atoms with Gasteiger partial charge in [0.25, 0.3) is 10.0 Å². The Bertz CT molecular complexity index is 442. The van der Waals surface area contributed by atoms with E-state index in [1.165, 1.54) is 6.20 Å². The number of aliphatic hydroxyl groups excluding tert-OH is 1. The highest BCUT2D eigenvalue weighted by molar-refractivity contribution is 7.91. The number of nitrogens with one attached hydrogen (secondary N) is 1. The van der Waals surface area contributed by atoms with Crippen molar-refractivity contribution < 1.29 is 13.5 Å². The molecule has 17 heavy (non-hydrogen) atoms. The van der Waals surface area contributed by atoms with E-state index in [0.29, 0.717) is 6.54 Å². The van der Waals surface area contributed by atoms with Gasteiger partial charge in [-0.1, -0.05) is 6.92 Å². The molecule has 0 aromatic carbocycles. The van der Waals surface area contributed by atoms with Gasteiger partial charge in [-0.3, -0.25) is 0 Å². The molecule has 7 heteroatoms. The summed E-state index contributed by atoms with van der Waals surface area (Å²) in [6.07, 6.45) is 2.90. The molecule has 0 spiro atoms. The average molecular weight is 278 g/mol. The van der Waals surface area contributed by atoms with Gasteiger partial charge in [-0.05, 0) is 25.7 Å². The van der Waals surface area contributed by atoms with Gasteiger partial charge in [-0.15, -0.1) is 11.3 Å². The highest BCUT2D eigenvalue weighted by Gasteiger charge is 2.16. The van der Waals surface area contributed by atoms with Crippen molar-refractivity contribution in [3.8, 4) is 0 Å². The summed E-state index contributed by atoms with van der Waals surface area (Å²) >= 11 is 1.16. The normalized spacial score (nSPS) is 13.8. The van der Waals surface area contributed by atoms with Crippen molar-refractivity contribution >= 4 is 21.4 Å². The molecule has 1 aromatic rings. The number of aromatic nitrogens is 1. The number of nitrogens with zero attached hydrogens (tertiary/aromatic N) is 1. The fraction of sp³-hybridized carbons (Fsp3) is 0.700. The second-order valence-electron chi connectivity index (χ2n) is 4.03. The zero-order valence-electron chi connectivity index (χ0n) is 10.0. The molecule has 0 fully saturated rings. The van der Waals surface area contributed by atoms with E-state index in [1.807, 2.05) is 6.92 Å². The Balaban J connectivity index is 2.41. The molecule has 0 saturated heterocycles. The van der Waals surface area contributed by atoms with Gasteiger partial charge in [0.05, 0.1) is 11.2 Å². The lowest BCUT2D eigenvalue weighted by Gasteiger charge is -2.07. The molecule has 5 nitrogen and oxygen atoms in total. The lowest BCUT2D eigenvalue weighted by Crippen LogP contribution is -2.24. The van der Waals surface area contributed by atoms with E-state index >= 15 is 0 Å². The molecule has 1 heterocycles. The van der Waals surface area contributed by atoms with Crippen LogP contribution in [0, 0.1) is 12.8 Å². The maximum absolute atomic E-state index is 11.8. The maximum Gasteiger partial charge on any atom is 0.251 e. The van der Waals surface area contributed by atoms with Crippen molar-refractivity contribution in [3.05, 3.63) is 11.2 Å². The van der Waals surface area contributed by atoms with Crippen molar-refractivity contribution in [2.75, 3.05) is 13.2 Å². The van der Waals surface area contributed by atoms with E-state index in [1.54, 1.807) is 6.92 Å². The minimum atomic E-state index is -3.40. The van der Waals surface area contributed by atoms with E-state index in [2.05, 4.69) is 9.71 Å². The molecular weight excluding hydrogens is 260 g/mol. The molecule has 0 amide bonds. The summed E-state index contributed by atoms with van der Waals surface area (Å²) < 4.78 is 26.3. The number of aryl methyl sites for hydroxylation is 1. The topological polar surface area (TPSA) is 79.3 Å². The molecule has 98 valence electrons. The summed E-state index contributed by atoms with van der Waals surface area (Å²) in [6, 6.07) is 0. The van der Waals surface area contributed by atoms with Crippen LogP contribution >= 0.6 is 11.3 Å². The summed E-state index contributed by atoms with van der Waals surface area (Å²) in [7, 11) is -3.40. The smallest absolute Gasteiger partial charge is 0.251 e. The lowest BCUT2D eigenvalue weighted by atomic mass is 10.1. The average Bonchev–Trinajstić information content (AvgIpc) is 2.71. The van der Waals surface area contributed by atoms with Crippen LogP contribution in [0.5, 0.6) is 0 Å².